The Labute approximate surface area is 126 Å². The second-order valence-electron chi connectivity index (χ2n) is 7.43. The Bertz CT molecular complexity index is 494. The van der Waals surface area contributed by atoms with E-state index in [4.69, 9.17) is 0 Å². The van der Waals surface area contributed by atoms with Gasteiger partial charge in [-0.1, -0.05) is 20.3 Å². The van der Waals surface area contributed by atoms with Crippen LogP contribution in [0.4, 0.5) is 8.78 Å². The van der Waals surface area contributed by atoms with Crippen LogP contribution in [-0.2, 0) is 6.42 Å². The Balaban J connectivity index is 1.82. The van der Waals surface area contributed by atoms with E-state index in [2.05, 4.69) is 19.2 Å². The molecule has 0 heterocycles. The number of halogens is 2. The molecule has 1 aromatic carbocycles. The lowest BCUT2D eigenvalue weighted by Gasteiger charge is -2.39. The van der Waals surface area contributed by atoms with E-state index >= 15 is 0 Å². The van der Waals surface area contributed by atoms with E-state index in [1.165, 1.54) is 37.8 Å². The largest absolute Gasteiger partial charge is 0.314 e. The monoisotopic (exact) mass is 293 g/mol. The van der Waals surface area contributed by atoms with Crippen LogP contribution in [-0.4, -0.2) is 12.6 Å². The molecule has 2 aliphatic rings. The Morgan fingerprint density at radius 1 is 1.19 bits per heavy atom. The van der Waals surface area contributed by atoms with Crippen LogP contribution in [0.25, 0.3) is 0 Å². The number of hydrogen-bond acceptors (Lipinski definition) is 1. The zero-order chi connectivity index (χ0) is 15.0. The van der Waals surface area contributed by atoms with Crippen molar-refractivity contribution >= 4 is 0 Å². The SMILES string of the molecule is CC(C)NCC1(Cc2cc(F)cc(F)c2)CC2CCC1C2. The van der Waals surface area contributed by atoms with Crippen LogP contribution < -0.4 is 5.32 Å². The summed E-state index contributed by atoms with van der Waals surface area (Å²) in [5.41, 5.74) is 0.999. The van der Waals surface area contributed by atoms with Crippen LogP contribution in [0.5, 0.6) is 0 Å². The summed E-state index contributed by atoms with van der Waals surface area (Å²) in [7, 11) is 0. The lowest BCUT2D eigenvalue weighted by Crippen LogP contribution is -2.42. The number of fused-ring (bicyclic) bond motifs is 2. The second kappa shape index (κ2) is 5.68. The van der Waals surface area contributed by atoms with Crippen molar-refractivity contribution in [3.8, 4) is 0 Å². The summed E-state index contributed by atoms with van der Waals surface area (Å²) < 4.78 is 26.9. The molecule has 3 heteroatoms. The topological polar surface area (TPSA) is 12.0 Å². The van der Waals surface area contributed by atoms with E-state index in [0.717, 1.165) is 30.5 Å². The highest BCUT2D eigenvalue weighted by molar-refractivity contribution is 5.21. The van der Waals surface area contributed by atoms with Gasteiger partial charge in [-0.15, -0.1) is 0 Å². The zero-order valence-corrected chi connectivity index (χ0v) is 13.0. The van der Waals surface area contributed by atoms with E-state index in [1.54, 1.807) is 0 Å². The predicted molar refractivity (Wildman–Crippen MR) is 81.1 cm³/mol. The second-order valence-corrected chi connectivity index (χ2v) is 7.43. The highest BCUT2D eigenvalue weighted by Gasteiger charge is 2.50. The van der Waals surface area contributed by atoms with Gasteiger partial charge in [-0.25, -0.2) is 8.78 Å². The summed E-state index contributed by atoms with van der Waals surface area (Å²) in [6.45, 7) is 5.27. The fourth-order valence-corrected chi connectivity index (χ4v) is 4.58. The van der Waals surface area contributed by atoms with Crippen molar-refractivity contribution in [3.05, 3.63) is 35.4 Å². The average molecular weight is 293 g/mol. The molecule has 0 amide bonds. The van der Waals surface area contributed by atoms with E-state index in [9.17, 15) is 8.78 Å². The summed E-state index contributed by atoms with van der Waals surface area (Å²) in [5.74, 6) is 0.614. The minimum absolute atomic E-state index is 0.188. The third-order valence-corrected chi connectivity index (χ3v) is 5.44. The van der Waals surface area contributed by atoms with Crippen LogP contribution in [0.3, 0.4) is 0 Å². The molecule has 2 aliphatic carbocycles. The summed E-state index contributed by atoms with van der Waals surface area (Å²) >= 11 is 0. The van der Waals surface area contributed by atoms with Crippen molar-refractivity contribution < 1.29 is 8.78 Å². The van der Waals surface area contributed by atoms with Gasteiger partial charge in [0.2, 0.25) is 0 Å². The van der Waals surface area contributed by atoms with E-state index in [-0.39, 0.29) is 5.41 Å². The van der Waals surface area contributed by atoms with Gasteiger partial charge in [-0.3, -0.25) is 0 Å². The van der Waals surface area contributed by atoms with Gasteiger partial charge in [0.05, 0.1) is 0 Å². The van der Waals surface area contributed by atoms with E-state index < -0.39 is 11.6 Å². The first-order chi connectivity index (χ1) is 9.97. The number of benzene rings is 1. The molecular weight excluding hydrogens is 268 g/mol. The Hall–Kier alpha value is -0.960. The first-order valence-electron chi connectivity index (χ1n) is 8.15. The van der Waals surface area contributed by atoms with Gasteiger partial charge in [0.15, 0.2) is 0 Å². The summed E-state index contributed by atoms with van der Waals surface area (Å²) in [6, 6.07) is 4.42. The van der Waals surface area contributed by atoms with Crippen LogP contribution in [0.1, 0.15) is 45.1 Å². The highest BCUT2D eigenvalue weighted by Crippen LogP contribution is 2.57. The molecule has 3 unspecified atom stereocenters. The molecule has 3 atom stereocenters. The molecule has 0 aromatic heterocycles. The molecule has 1 nitrogen and oxygen atoms in total. The molecule has 0 saturated heterocycles. The van der Waals surface area contributed by atoms with Crippen LogP contribution in [0.2, 0.25) is 0 Å². The third-order valence-electron chi connectivity index (χ3n) is 5.44. The first-order valence-corrected chi connectivity index (χ1v) is 8.15. The Kier molecular flexibility index (Phi) is 4.04. The minimum Gasteiger partial charge on any atom is -0.314 e. The van der Waals surface area contributed by atoms with Crippen molar-refractivity contribution in [1.29, 1.82) is 0 Å². The molecule has 21 heavy (non-hydrogen) atoms. The minimum atomic E-state index is -0.458. The standard InChI is InChI=1S/C18H25F2N/c1-12(2)21-11-18(9-13-3-4-15(18)5-13)10-14-6-16(19)8-17(20)7-14/h6-8,12-13,15,21H,3-5,9-11H2,1-2H3. The van der Waals surface area contributed by atoms with Crippen molar-refractivity contribution in [2.75, 3.05) is 6.54 Å². The molecular formula is C18H25F2N. The van der Waals surface area contributed by atoms with Gasteiger partial charge < -0.3 is 5.32 Å². The fourth-order valence-electron chi connectivity index (χ4n) is 4.58. The third kappa shape index (κ3) is 3.13. The normalized spacial score (nSPS) is 31.3. The number of rotatable bonds is 5. The quantitative estimate of drug-likeness (QED) is 0.853. The first kappa shape index (κ1) is 15.0. The molecule has 2 bridgehead atoms. The molecule has 0 radical (unpaired) electrons. The maximum atomic E-state index is 13.5. The maximum absolute atomic E-state index is 13.5. The summed E-state index contributed by atoms with van der Waals surface area (Å²) in [4.78, 5) is 0. The van der Waals surface area contributed by atoms with Crippen molar-refractivity contribution in [3.63, 3.8) is 0 Å². The molecule has 116 valence electrons. The number of hydrogen-bond donors (Lipinski definition) is 1. The fraction of sp³-hybridized carbons (Fsp3) is 0.667. The van der Waals surface area contributed by atoms with Crippen molar-refractivity contribution in [2.45, 2.75) is 52.0 Å². The van der Waals surface area contributed by atoms with E-state index in [1.807, 2.05) is 0 Å². The molecule has 1 N–H and O–H groups in total. The lowest BCUT2D eigenvalue weighted by atomic mass is 9.69. The van der Waals surface area contributed by atoms with Gasteiger partial charge >= 0.3 is 0 Å². The van der Waals surface area contributed by atoms with Gasteiger partial charge in [-0.2, -0.15) is 0 Å². The van der Waals surface area contributed by atoms with Crippen molar-refractivity contribution in [2.24, 2.45) is 17.3 Å². The zero-order valence-electron chi connectivity index (χ0n) is 13.0. The van der Waals surface area contributed by atoms with Gasteiger partial charge in [0.1, 0.15) is 11.6 Å². The molecule has 0 spiro atoms. The van der Waals surface area contributed by atoms with Crippen LogP contribution >= 0.6 is 0 Å². The molecule has 1 aromatic rings. The Morgan fingerprint density at radius 2 is 1.90 bits per heavy atom. The molecule has 3 rings (SSSR count). The molecule has 2 saturated carbocycles. The Morgan fingerprint density at radius 3 is 2.43 bits per heavy atom. The number of nitrogens with one attached hydrogen (secondary N) is 1. The molecule has 0 aliphatic heterocycles. The van der Waals surface area contributed by atoms with E-state index in [0.29, 0.717) is 12.0 Å². The lowest BCUT2D eigenvalue weighted by molar-refractivity contribution is 0.152. The van der Waals surface area contributed by atoms with Gasteiger partial charge in [0.25, 0.3) is 0 Å². The average Bonchev–Trinajstić information content (AvgIpc) is 2.96. The highest BCUT2D eigenvalue weighted by atomic mass is 19.1. The maximum Gasteiger partial charge on any atom is 0.126 e. The van der Waals surface area contributed by atoms with Crippen LogP contribution in [0, 0.1) is 28.9 Å². The van der Waals surface area contributed by atoms with Crippen molar-refractivity contribution in [1.82, 2.24) is 5.32 Å². The predicted octanol–water partition coefficient (Wildman–Crippen LogP) is 4.31. The molecule has 2 fully saturated rings. The summed E-state index contributed by atoms with van der Waals surface area (Å²) in [6.07, 6.45) is 5.92. The van der Waals surface area contributed by atoms with Crippen LogP contribution in [0.15, 0.2) is 18.2 Å². The smallest absolute Gasteiger partial charge is 0.126 e. The summed E-state index contributed by atoms with van der Waals surface area (Å²) in [5, 5.41) is 3.58. The van der Waals surface area contributed by atoms with Gasteiger partial charge in [-0.05, 0) is 60.6 Å². The van der Waals surface area contributed by atoms with Gasteiger partial charge in [0, 0.05) is 18.7 Å².